The van der Waals surface area contributed by atoms with E-state index in [0.717, 1.165) is 33.3 Å². The van der Waals surface area contributed by atoms with Crippen molar-refractivity contribution in [3.8, 4) is 39.9 Å². The Morgan fingerprint density at radius 1 is 0.362 bits per heavy atom. The lowest BCUT2D eigenvalue weighted by Crippen LogP contribution is -2.00. The molecule has 0 bridgehead atoms. The zero-order valence-electron chi connectivity index (χ0n) is 25.3. The first-order valence-electron chi connectivity index (χ1n) is 15.9. The molecule has 0 radical (unpaired) electrons. The van der Waals surface area contributed by atoms with Crippen LogP contribution in [0, 0.1) is 0 Å². The average Bonchev–Trinajstić information content (AvgIpc) is 3.51. The Hall–Kier alpha value is -6.39. The fourth-order valence-corrected chi connectivity index (χ4v) is 7.38. The highest BCUT2D eigenvalue weighted by Gasteiger charge is 2.24. The van der Waals surface area contributed by atoms with Crippen LogP contribution in [0.2, 0.25) is 0 Å². The maximum Gasteiger partial charge on any atom is 0.164 e. The van der Waals surface area contributed by atoms with Crippen molar-refractivity contribution in [3.05, 3.63) is 158 Å². The predicted molar refractivity (Wildman–Crippen MR) is 194 cm³/mol. The van der Waals surface area contributed by atoms with E-state index >= 15 is 0 Å². The summed E-state index contributed by atoms with van der Waals surface area (Å²) in [6.07, 6.45) is 0. The smallest absolute Gasteiger partial charge is 0.164 e. The third kappa shape index (κ3) is 3.85. The number of benzene rings is 8. The lowest BCUT2D eigenvalue weighted by molar-refractivity contribution is 1.08. The van der Waals surface area contributed by atoms with Crippen molar-refractivity contribution in [1.29, 1.82) is 0 Å². The largest absolute Gasteiger partial charge is 0.309 e. The molecule has 0 fully saturated rings. The standard InChI is InChI=1S/C43H26N4/c1-4-13-29(14-5-1)41-44-42(30-15-6-2-7-16-30)46-43(45-41)34-23-12-24-35-38(34)39-32-21-10-17-27-25-26-28-18-11-22-33(37(28)36(27)32)40(39)47(35)31-19-8-3-9-20-31/h1-26H. The Morgan fingerprint density at radius 2 is 0.894 bits per heavy atom. The lowest BCUT2D eigenvalue weighted by Gasteiger charge is -2.15. The summed E-state index contributed by atoms with van der Waals surface area (Å²) in [5.41, 5.74) is 6.31. The van der Waals surface area contributed by atoms with Gasteiger partial charge in [-0.05, 0) is 45.1 Å². The van der Waals surface area contributed by atoms with Gasteiger partial charge >= 0.3 is 0 Å². The van der Waals surface area contributed by atoms with Crippen molar-refractivity contribution in [1.82, 2.24) is 19.5 Å². The van der Waals surface area contributed by atoms with Crippen molar-refractivity contribution in [2.24, 2.45) is 0 Å². The molecule has 4 heteroatoms. The maximum atomic E-state index is 5.18. The zero-order chi connectivity index (χ0) is 30.9. The molecular weight excluding hydrogens is 573 g/mol. The molecule has 0 atom stereocenters. The monoisotopic (exact) mass is 598 g/mol. The first kappa shape index (κ1) is 25.9. The first-order valence-corrected chi connectivity index (χ1v) is 15.9. The SMILES string of the molecule is c1ccc(-c2nc(-c3ccccc3)nc(-c3cccc4c3c3c5cccc6ccc7cccc(c7c65)c3n4-c3ccccc3)n2)cc1. The van der Waals surface area contributed by atoms with Crippen molar-refractivity contribution in [3.63, 3.8) is 0 Å². The zero-order valence-corrected chi connectivity index (χ0v) is 25.3. The fraction of sp³-hybridized carbons (Fsp3) is 0. The van der Waals surface area contributed by atoms with Gasteiger partial charge < -0.3 is 4.57 Å². The minimum atomic E-state index is 0.653. The molecule has 47 heavy (non-hydrogen) atoms. The molecule has 2 aromatic heterocycles. The van der Waals surface area contributed by atoms with E-state index in [1.807, 2.05) is 36.4 Å². The minimum absolute atomic E-state index is 0.653. The molecule has 0 saturated carbocycles. The van der Waals surface area contributed by atoms with Gasteiger partial charge in [-0.15, -0.1) is 0 Å². The van der Waals surface area contributed by atoms with E-state index in [1.54, 1.807) is 0 Å². The van der Waals surface area contributed by atoms with Crippen LogP contribution in [0.4, 0.5) is 0 Å². The van der Waals surface area contributed by atoms with Crippen molar-refractivity contribution in [2.45, 2.75) is 0 Å². The Bertz CT molecular complexity index is 2710. The number of hydrogen-bond acceptors (Lipinski definition) is 3. The molecule has 10 aromatic rings. The summed E-state index contributed by atoms with van der Waals surface area (Å²) >= 11 is 0. The van der Waals surface area contributed by atoms with Crippen LogP contribution in [0.1, 0.15) is 0 Å². The van der Waals surface area contributed by atoms with Gasteiger partial charge in [0.1, 0.15) is 0 Å². The number of hydrogen-bond donors (Lipinski definition) is 0. The summed E-state index contributed by atoms with van der Waals surface area (Å²) < 4.78 is 2.43. The molecule has 0 aliphatic carbocycles. The van der Waals surface area contributed by atoms with E-state index in [0.29, 0.717) is 17.5 Å². The Balaban J connectivity index is 1.41. The third-order valence-electron chi connectivity index (χ3n) is 9.36. The molecule has 0 unspecified atom stereocenters. The fourth-order valence-electron chi connectivity index (χ4n) is 7.38. The normalized spacial score (nSPS) is 11.8. The molecule has 4 nitrogen and oxygen atoms in total. The van der Waals surface area contributed by atoms with Gasteiger partial charge in [0, 0.05) is 38.5 Å². The van der Waals surface area contributed by atoms with Gasteiger partial charge in [-0.3, -0.25) is 0 Å². The van der Waals surface area contributed by atoms with Crippen molar-refractivity contribution >= 4 is 54.1 Å². The van der Waals surface area contributed by atoms with Gasteiger partial charge in [-0.2, -0.15) is 0 Å². The Labute approximate surface area is 270 Å². The highest BCUT2D eigenvalue weighted by Crippen LogP contribution is 2.47. The summed E-state index contributed by atoms with van der Waals surface area (Å²) in [5.74, 6) is 1.96. The number of nitrogens with zero attached hydrogens (tertiary/aromatic N) is 4. The summed E-state index contributed by atoms with van der Waals surface area (Å²) in [7, 11) is 0. The van der Waals surface area contributed by atoms with Crippen LogP contribution in [-0.4, -0.2) is 19.5 Å². The molecule has 0 aliphatic rings. The predicted octanol–water partition coefficient (Wildman–Crippen LogP) is 10.9. The molecule has 0 N–H and O–H groups in total. The summed E-state index contributed by atoms with van der Waals surface area (Å²) in [6, 6.07) is 55.4. The molecule has 2 heterocycles. The molecule has 218 valence electrons. The summed E-state index contributed by atoms with van der Waals surface area (Å²) in [4.78, 5) is 15.3. The number of rotatable bonds is 4. The average molecular weight is 599 g/mol. The maximum absolute atomic E-state index is 5.18. The number of aromatic nitrogens is 4. The van der Waals surface area contributed by atoms with Gasteiger partial charge in [0.25, 0.3) is 0 Å². The van der Waals surface area contributed by atoms with Gasteiger partial charge in [0.15, 0.2) is 17.5 Å². The van der Waals surface area contributed by atoms with Gasteiger partial charge in [-0.1, -0.05) is 140 Å². The van der Waals surface area contributed by atoms with Crippen LogP contribution in [0.25, 0.3) is 94.0 Å². The second-order valence-electron chi connectivity index (χ2n) is 12.0. The molecular formula is C43H26N4. The van der Waals surface area contributed by atoms with Crippen LogP contribution in [0.5, 0.6) is 0 Å². The van der Waals surface area contributed by atoms with Crippen LogP contribution in [-0.2, 0) is 0 Å². The summed E-state index contributed by atoms with van der Waals surface area (Å²) in [6.45, 7) is 0. The van der Waals surface area contributed by atoms with Gasteiger partial charge in [0.2, 0.25) is 0 Å². The van der Waals surface area contributed by atoms with Gasteiger partial charge in [-0.25, -0.2) is 15.0 Å². The highest BCUT2D eigenvalue weighted by atomic mass is 15.0. The van der Waals surface area contributed by atoms with Crippen molar-refractivity contribution in [2.75, 3.05) is 0 Å². The van der Waals surface area contributed by atoms with Crippen molar-refractivity contribution < 1.29 is 0 Å². The number of fused-ring (bicyclic) bond motifs is 5. The molecule has 0 saturated heterocycles. The lowest BCUT2D eigenvalue weighted by atomic mass is 9.90. The van der Waals surface area contributed by atoms with E-state index in [-0.39, 0.29) is 0 Å². The van der Waals surface area contributed by atoms with E-state index in [1.165, 1.54) is 43.2 Å². The first-order chi connectivity index (χ1) is 23.3. The minimum Gasteiger partial charge on any atom is -0.309 e. The van der Waals surface area contributed by atoms with E-state index in [2.05, 4.69) is 126 Å². The molecule has 10 rings (SSSR count). The van der Waals surface area contributed by atoms with E-state index in [4.69, 9.17) is 15.0 Å². The van der Waals surface area contributed by atoms with E-state index in [9.17, 15) is 0 Å². The second kappa shape index (κ2) is 10.1. The van der Waals surface area contributed by atoms with Gasteiger partial charge in [0.05, 0.1) is 11.0 Å². The highest BCUT2D eigenvalue weighted by molar-refractivity contribution is 6.38. The van der Waals surface area contributed by atoms with Crippen LogP contribution in [0.15, 0.2) is 158 Å². The quantitative estimate of drug-likeness (QED) is 0.189. The van der Waals surface area contributed by atoms with Crippen LogP contribution >= 0.6 is 0 Å². The Morgan fingerprint density at radius 3 is 1.53 bits per heavy atom. The molecule has 0 aliphatic heterocycles. The Kier molecular flexibility index (Phi) is 5.54. The topological polar surface area (TPSA) is 43.6 Å². The van der Waals surface area contributed by atoms with Crippen LogP contribution in [0.3, 0.4) is 0 Å². The molecule has 0 spiro atoms. The summed E-state index contributed by atoms with van der Waals surface area (Å²) in [5, 5.41) is 9.88. The van der Waals surface area contributed by atoms with E-state index < -0.39 is 0 Å². The van der Waals surface area contributed by atoms with Crippen LogP contribution < -0.4 is 0 Å². The molecule has 0 amide bonds. The third-order valence-corrected chi connectivity index (χ3v) is 9.36. The second-order valence-corrected chi connectivity index (χ2v) is 12.0. The number of para-hydroxylation sites is 1. The molecule has 8 aromatic carbocycles.